The number of imidazole rings is 1. The molecule has 2 N–H and O–H groups in total. The van der Waals surface area contributed by atoms with Crippen LogP contribution in [-0.4, -0.2) is 21.4 Å². The highest BCUT2D eigenvalue weighted by atomic mass is 19.4. The molecule has 34 heavy (non-hydrogen) atoms. The molecule has 0 aliphatic carbocycles. The van der Waals surface area contributed by atoms with Crippen molar-refractivity contribution < 1.29 is 31.5 Å². The highest BCUT2D eigenvalue weighted by Gasteiger charge is 2.38. The maximum absolute atomic E-state index is 13.8. The molecule has 11 heteroatoms. The Morgan fingerprint density at radius 3 is 2.24 bits per heavy atom. The number of nitrogens with one attached hydrogen (secondary N) is 2. The molecule has 1 aromatic heterocycles. The molecule has 0 bridgehead atoms. The van der Waals surface area contributed by atoms with Gasteiger partial charge >= 0.3 is 6.18 Å². The fourth-order valence-electron chi connectivity index (χ4n) is 3.38. The van der Waals surface area contributed by atoms with Crippen LogP contribution in [0.5, 0.6) is 0 Å². The third-order valence-electron chi connectivity index (χ3n) is 4.81. The lowest BCUT2D eigenvalue weighted by molar-refractivity contribution is -0.145. The van der Waals surface area contributed by atoms with Crippen LogP contribution >= 0.6 is 0 Å². The van der Waals surface area contributed by atoms with Gasteiger partial charge in [0.15, 0.2) is 11.6 Å². The smallest absolute Gasteiger partial charge is 0.326 e. The minimum Gasteiger partial charge on any atom is -0.326 e. The topological polar surface area (TPSA) is 76.0 Å². The monoisotopic (exact) mass is 474 g/mol. The Morgan fingerprint density at radius 1 is 0.912 bits per heavy atom. The lowest BCUT2D eigenvalue weighted by Crippen LogP contribution is -2.15. The molecule has 0 radical (unpaired) electrons. The number of carbonyl (C=O) groups excluding carboxylic acids is 2. The molecule has 1 heterocycles. The summed E-state index contributed by atoms with van der Waals surface area (Å²) in [6.45, 7) is 1.27. The minimum atomic E-state index is -4.78. The zero-order valence-corrected chi connectivity index (χ0v) is 17.4. The fraction of sp³-hybridized carbons (Fsp3) is 0.0870. The van der Waals surface area contributed by atoms with E-state index in [-0.39, 0.29) is 28.1 Å². The molecule has 6 nitrogen and oxygen atoms in total. The summed E-state index contributed by atoms with van der Waals surface area (Å²) in [7, 11) is 0. The predicted octanol–water partition coefficient (Wildman–Crippen LogP) is 5.53. The van der Waals surface area contributed by atoms with Gasteiger partial charge in [0.05, 0.1) is 16.6 Å². The number of alkyl halides is 3. The van der Waals surface area contributed by atoms with Crippen molar-refractivity contribution in [2.75, 3.05) is 10.6 Å². The first-order chi connectivity index (χ1) is 16.0. The van der Waals surface area contributed by atoms with E-state index in [1.54, 1.807) is 0 Å². The molecule has 4 aromatic rings. The highest BCUT2D eigenvalue weighted by Crippen LogP contribution is 2.35. The molecular formula is C23H15F5N4O2. The molecule has 0 fully saturated rings. The van der Waals surface area contributed by atoms with E-state index in [1.807, 2.05) is 0 Å². The average molecular weight is 474 g/mol. The maximum Gasteiger partial charge on any atom is 0.450 e. The van der Waals surface area contributed by atoms with Gasteiger partial charge < -0.3 is 10.6 Å². The number of carbonyl (C=O) groups is 2. The summed E-state index contributed by atoms with van der Waals surface area (Å²) in [5, 5.41) is 4.88. The molecule has 0 aliphatic heterocycles. The second-order valence-electron chi connectivity index (χ2n) is 7.26. The Balaban J connectivity index is 1.72. The van der Waals surface area contributed by atoms with Crippen LogP contribution in [0.3, 0.4) is 0 Å². The Labute approximate surface area is 189 Å². The molecule has 0 spiro atoms. The van der Waals surface area contributed by atoms with Gasteiger partial charge in [-0.3, -0.25) is 14.2 Å². The van der Waals surface area contributed by atoms with Gasteiger partial charge in [0.1, 0.15) is 0 Å². The molecule has 0 saturated heterocycles. The van der Waals surface area contributed by atoms with Crippen molar-refractivity contribution in [2.45, 2.75) is 13.1 Å². The zero-order chi connectivity index (χ0) is 24.6. The zero-order valence-electron chi connectivity index (χ0n) is 17.4. The van der Waals surface area contributed by atoms with Crippen molar-refractivity contribution in [2.24, 2.45) is 0 Å². The number of benzene rings is 3. The van der Waals surface area contributed by atoms with E-state index in [1.165, 1.54) is 55.5 Å². The maximum atomic E-state index is 13.8. The molecule has 0 atom stereocenters. The van der Waals surface area contributed by atoms with Gasteiger partial charge in [0.25, 0.3) is 5.91 Å². The first kappa shape index (κ1) is 22.9. The Hall–Kier alpha value is -4.28. The van der Waals surface area contributed by atoms with E-state index in [0.717, 1.165) is 16.7 Å². The largest absolute Gasteiger partial charge is 0.450 e. The Morgan fingerprint density at radius 2 is 1.59 bits per heavy atom. The van der Waals surface area contributed by atoms with Crippen molar-refractivity contribution >= 4 is 34.2 Å². The second-order valence-corrected chi connectivity index (χ2v) is 7.26. The molecule has 2 amide bonds. The van der Waals surface area contributed by atoms with Crippen LogP contribution in [0, 0.1) is 11.6 Å². The molecule has 174 valence electrons. The second kappa shape index (κ2) is 8.58. The first-order valence-electron chi connectivity index (χ1n) is 9.77. The van der Waals surface area contributed by atoms with Crippen LogP contribution in [0.2, 0.25) is 0 Å². The fourth-order valence-corrected chi connectivity index (χ4v) is 3.38. The highest BCUT2D eigenvalue weighted by molar-refractivity contribution is 6.04. The molecule has 3 aromatic carbocycles. The van der Waals surface area contributed by atoms with E-state index in [2.05, 4.69) is 15.6 Å². The van der Waals surface area contributed by atoms with Crippen molar-refractivity contribution in [3.8, 4) is 5.69 Å². The van der Waals surface area contributed by atoms with Gasteiger partial charge in [0.2, 0.25) is 11.7 Å². The summed E-state index contributed by atoms with van der Waals surface area (Å²) in [4.78, 5) is 27.3. The first-order valence-corrected chi connectivity index (χ1v) is 9.77. The van der Waals surface area contributed by atoms with E-state index < -0.39 is 41.0 Å². The SMILES string of the molecule is CC(=O)Nc1ccc2nc(C(F)(F)F)n(-c3ccc(NC(=O)c4cccc(F)c4F)cc3)c2c1. The van der Waals surface area contributed by atoms with Crippen LogP contribution in [-0.2, 0) is 11.0 Å². The van der Waals surface area contributed by atoms with E-state index in [4.69, 9.17) is 0 Å². The summed E-state index contributed by atoms with van der Waals surface area (Å²) in [6.07, 6.45) is -4.78. The normalized spacial score (nSPS) is 11.5. The van der Waals surface area contributed by atoms with Gasteiger partial charge in [-0.05, 0) is 54.6 Å². The van der Waals surface area contributed by atoms with Crippen molar-refractivity contribution in [3.63, 3.8) is 0 Å². The molecular weight excluding hydrogens is 459 g/mol. The number of hydrogen-bond donors (Lipinski definition) is 2. The van der Waals surface area contributed by atoms with Gasteiger partial charge in [0, 0.05) is 24.0 Å². The van der Waals surface area contributed by atoms with E-state index >= 15 is 0 Å². The molecule has 0 unspecified atom stereocenters. The summed E-state index contributed by atoms with van der Waals surface area (Å²) in [6, 6.07) is 12.5. The standard InChI is InChI=1S/C23H15F5N4O2/c1-12(33)29-14-7-10-18-19(11-14)32(22(31-18)23(26,27)28)15-8-5-13(6-9-15)30-21(34)16-3-2-4-17(24)20(16)25/h2-11H,1H3,(H,29,33)(H,30,34). The third-order valence-corrected chi connectivity index (χ3v) is 4.81. The Kier molecular flexibility index (Phi) is 5.78. The lowest BCUT2D eigenvalue weighted by atomic mass is 10.2. The van der Waals surface area contributed by atoms with Gasteiger partial charge in [-0.15, -0.1) is 0 Å². The van der Waals surface area contributed by atoms with Gasteiger partial charge in [-0.25, -0.2) is 13.8 Å². The van der Waals surface area contributed by atoms with E-state index in [0.29, 0.717) is 0 Å². The van der Waals surface area contributed by atoms with Crippen molar-refractivity contribution in [1.29, 1.82) is 0 Å². The Bertz CT molecular complexity index is 1410. The summed E-state index contributed by atoms with van der Waals surface area (Å²) in [5.74, 6) is -4.99. The summed E-state index contributed by atoms with van der Waals surface area (Å²) < 4.78 is 69.2. The average Bonchev–Trinajstić information content (AvgIpc) is 3.15. The van der Waals surface area contributed by atoms with Crippen LogP contribution in [0.25, 0.3) is 16.7 Å². The third kappa shape index (κ3) is 4.45. The summed E-state index contributed by atoms with van der Waals surface area (Å²) in [5.41, 5.74) is 0.141. The van der Waals surface area contributed by atoms with Crippen molar-refractivity contribution in [3.05, 3.63) is 83.7 Å². The number of anilines is 2. The van der Waals surface area contributed by atoms with Crippen LogP contribution in [0.15, 0.2) is 60.7 Å². The van der Waals surface area contributed by atoms with Crippen LogP contribution in [0.4, 0.5) is 33.3 Å². The number of aromatic nitrogens is 2. The lowest BCUT2D eigenvalue weighted by Gasteiger charge is -2.13. The van der Waals surface area contributed by atoms with Crippen LogP contribution in [0.1, 0.15) is 23.1 Å². The quantitative estimate of drug-likeness (QED) is 0.382. The number of fused-ring (bicyclic) bond motifs is 1. The van der Waals surface area contributed by atoms with Gasteiger partial charge in [-0.2, -0.15) is 13.2 Å². The number of amides is 2. The predicted molar refractivity (Wildman–Crippen MR) is 115 cm³/mol. The van der Waals surface area contributed by atoms with E-state index in [9.17, 15) is 31.5 Å². The summed E-state index contributed by atoms with van der Waals surface area (Å²) >= 11 is 0. The number of rotatable bonds is 4. The molecule has 0 saturated carbocycles. The molecule has 0 aliphatic rings. The number of hydrogen-bond acceptors (Lipinski definition) is 3. The van der Waals surface area contributed by atoms with Gasteiger partial charge in [-0.1, -0.05) is 6.07 Å². The minimum absolute atomic E-state index is 0.0559. The molecule has 4 rings (SSSR count). The van der Waals surface area contributed by atoms with Crippen LogP contribution < -0.4 is 10.6 Å². The number of nitrogens with zero attached hydrogens (tertiary/aromatic N) is 2. The number of halogens is 5. The van der Waals surface area contributed by atoms with Crippen molar-refractivity contribution in [1.82, 2.24) is 9.55 Å².